The Hall–Kier alpha value is -1.47. The van der Waals surface area contributed by atoms with E-state index in [0.717, 1.165) is 0 Å². The van der Waals surface area contributed by atoms with Crippen LogP contribution in [0.4, 0.5) is 11.9 Å². The molecule has 0 aliphatic carbocycles. The number of aryl methyl sites for hydroxylation is 1. The second kappa shape index (κ2) is 6.10. The molecular weight excluding hydrogens is 196 g/mol. The van der Waals surface area contributed by atoms with Gasteiger partial charge in [0.25, 0.3) is 0 Å². The Morgan fingerprint density at radius 2 is 1.80 bits per heavy atom. The quantitative estimate of drug-likeness (QED) is 0.457. The number of hydrogen-bond donors (Lipinski definition) is 4. The highest BCUT2D eigenvalue weighted by Gasteiger charge is 2.01. The van der Waals surface area contributed by atoms with Crippen LogP contribution in [0.2, 0.25) is 0 Å². The molecule has 0 bridgehead atoms. The molecule has 0 spiro atoms. The first kappa shape index (κ1) is 11.6. The molecule has 0 fully saturated rings. The summed E-state index contributed by atoms with van der Waals surface area (Å²) in [6, 6.07) is 0. The van der Waals surface area contributed by atoms with E-state index in [0.29, 0.717) is 30.9 Å². The maximum absolute atomic E-state index is 8.65. The molecule has 1 aromatic rings. The highest BCUT2D eigenvalue weighted by Crippen LogP contribution is 2.03. The van der Waals surface area contributed by atoms with Gasteiger partial charge in [-0.2, -0.15) is 15.0 Å². The number of anilines is 2. The smallest absolute Gasteiger partial charge is 0.228 e. The molecule has 0 atom stereocenters. The van der Waals surface area contributed by atoms with Crippen molar-refractivity contribution in [1.82, 2.24) is 20.3 Å². The van der Waals surface area contributed by atoms with E-state index in [4.69, 9.17) is 5.11 Å². The summed E-state index contributed by atoms with van der Waals surface area (Å²) in [6.07, 6.45) is 0. The van der Waals surface area contributed by atoms with Crippen LogP contribution >= 0.6 is 0 Å². The van der Waals surface area contributed by atoms with Crippen LogP contribution in [0.25, 0.3) is 0 Å². The Bertz CT molecular complexity index is 279. The minimum Gasteiger partial charge on any atom is -0.395 e. The number of aliphatic hydroxyl groups excluding tert-OH is 1. The van der Waals surface area contributed by atoms with Crippen molar-refractivity contribution in [3.63, 3.8) is 0 Å². The van der Waals surface area contributed by atoms with Gasteiger partial charge in [-0.15, -0.1) is 0 Å². The predicted octanol–water partition coefficient (Wildman–Crippen LogP) is -0.827. The van der Waals surface area contributed by atoms with E-state index in [-0.39, 0.29) is 6.61 Å². The van der Waals surface area contributed by atoms with Gasteiger partial charge in [0, 0.05) is 6.54 Å². The molecule has 0 radical (unpaired) electrons. The van der Waals surface area contributed by atoms with Crippen molar-refractivity contribution < 1.29 is 5.11 Å². The van der Waals surface area contributed by atoms with Crippen molar-refractivity contribution in [3.8, 4) is 0 Å². The summed E-state index contributed by atoms with van der Waals surface area (Å²) in [5.41, 5.74) is 0. The fourth-order valence-electron chi connectivity index (χ4n) is 0.975. The fraction of sp³-hybridized carbons (Fsp3) is 0.625. The molecule has 15 heavy (non-hydrogen) atoms. The van der Waals surface area contributed by atoms with Gasteiger partial charge in [-0.1, -0.05) is 0 Å². The van der Waals surface area contributed by atoms with Crippen LogP contribution in [0.5, 0.6) is 0 Å². The molecule has 7 nitrogen and oxygen atoms in total. The van der Waals surface area contributed by atoms with Crippen LogP contribution in [-0.2, 0) is 0 Å². The summed E-state index contributed by atoms with van der Waals surface area (Å²) < 4.78 is 0. The van der Waals surface area contributed by atoms with E-state index in [1.54, 1.807) is 6.92 Å². The normalized spacial score (nSPS) is 10.1. The van der Waals surface area contributed by atoms with Gasteiger partial charge >= 0.3 is 0 Å². The highest BCUT2D eigenvalue weighted by atomic mass is 16.3. The molecule has 1 rings (SSSR count). The van der Waals surface area contributed by atoms with Crippen molar-refractivity contribution in [2.24, 2.45) is 0 Å². The number of aromatic nitrogens is 3. The third kappa shape index (κ3) is 4.05. The first-order chi connectivity index (χ1) is 7.26. The summed E-state index contributed by atoms with van der Waals surface area (Å²) >= 11 is 0. The van der Waals surface area contributed by atoms with E-state index in [1.165, 1.54) is 0 Å². The number of aliphatic hydroxyl groups is 1. The molecule has 4 N–H and O–H groups in total. The van der Waals surface area contributed by atoms with Gasteiger partial charge in [0.2, 0.25) is 11.9 Å². The summed E-state index contributed by atoms with van der Waals surface area (Å²) in [7, 11) is 1.83. The molecule has 0 amide bonds. The third-order valence-electron chi connectivity index (χ3n) is 1.57. The van der Waals surface area contributed by atoms with Crippen LogP contribution in [0, 0.1) is 6.92 Å². The number of nitrogens with zero attached hydrogens (tertiary/aromatic N) is 3. The maximum Gasteiger partial charge on any atom is 0.228 e. The molecule has 0 aliphatic heterocycles. The van der Waals surface area contributed by atoms with Gasteiger partial charge in [-0.05, 0) is 14.0 Å². The standard InChI is InChI=1S/C8H16N6O/c1-6-12-7(10-3-4-15)14-8(13-6)11-5-9-2/h9,15H,3-5H2,1-2H3,(H2,10,11,12,13,14). The first-order valence-corrected chi connectivity index (χ1v) is 4.72. The molecule has 84 valence electrons. The summed E-state index contributed by atoms with van der Waals surface area (Å²) in [4.78, 5) is 12.3. The molecule has 1 aromatic heterocycles. The number of hydrogen-bond acceptors (Lipinski definition) is 7. The second-order valence-corrected chi connectivity index (χ2v) is 2.89. The van der Waals surface area contributed by atoms with Gasteiger partial charge < -0.3 is 21.1 Å². The molecule has 0 aromatic carbocycles. The lowest BCUT2D eigenvalue weighted by atomic mass is 10.6. The largest absolute Gasteiger partial charge is 0.395 e. The van der Waals surface area contributed by atoms with Crippen LogP contribution in [-0.4, -0.2) is 46.9 Å². The van der Waals surface area contributed by atoms with Gasteiger partial charge in [0.1, 0.15) is 5.82 Å². The lowest BCUT2D eigenvalue weighted by Crippen LogP contribution is -2.19. The Morgan fingerprint density at radius 1 is 1.13 bits per heavy atom. The topological polar surface area (TPSA) is 95.0 Å². The molecule has 0 saturated heterocycles. The van der Waals surface area contributed by atoms with Gasteiger partial charge in [0.15, 0.2) is 0 Å². The molecule has 0 unspecified atom stereocenters. The van der Waals surface area contributed by atoms with Gasteiger partial charge in [-0.3, -0.25) is 0 Å². The van der Waals surface area contributed by atoms with Crippen molar-refractivity contribution >= 4 is 11.9 Å². The minimum absolute atomic E-state index is 0.0456. The predicted molar refractivity (Wildman–Crippen MR) is 57.7 cm³/mol. The fourth-order valence-corrected chi connectivity index (χ4v) is 0.975. The Labute approximate surface area is 88.4 Å². The van der Waals surface area contributed by atoms with Crippen LogP contribution in [0.3, 0.4) is 0 Å². The lowest BCUT2D eigenvalue weighted by molar-refractivity contribution is 0.310. The molecule has 7 heteroatoms. The monoisotopic (exact) mass is 212 g/mol. The Balaban J connectivity index is 2.66. The first-order valence-electron chi connectivity index (χ1n) is 4.72. The van der Waals surface area contributed by atoms with Crippen molar-refractivity contribution in [2.45, 2.75) is 6.92 Å². The van der Waals surface area contributed by atoms with E-state index < -0.39 is 0 Å². The third-order valence-corrected chi connectivity index (χ3v) is 1.57. The number of rotatable bonds is 6. The van der Waals surface area contributed by atoms with Crippen molar-refractivity contribution in [1.29, 1.82) is 0 Å². The zero-order valence-electron chi connectivity index (χ0n) is 8.91. The van der Waals surface area contributed by atoms with E-state index >= 15 is 0 Å². The van der Waals surface area contributed by atoms with Crippen LogP contribution in [0.1, 0.15) is 5.82 Å². The van der Waals surface area contributed by atoms with Crippen LogP contribution in [0.15, 0.2) is 0 Å². The van der Waals surface area contributed by atoms with E-state index in [9.17, 15) is 0 Å². The zero-order valence-corrected chi connectivity index (χ0v) is 8.91. The lowest BCUT2D eigenvalue weighted by Gasteiger charge is -2.07. The Kier molecular flexibility index (Phi) is 4.72. The Morgan fingerprint density at radius 3 is 2.40 bits per heavy atom. The molecule has 1 heterocycles. The minimum atomic E-state index is 0.0456. The van der Waals surface area contributed by atoms with Crippen molar-refractivity contribution in [2.75, 3.05) is 37.5 Å². The van der Waals surface area contributed by atoms with E-state index in [1.807, 2.05) is 7.05 Å². The molecular formula is C8H16N6O. The molecule has 0 saturated carbocycles. The van der Waals surface area contributed by atoms with Gasteiger partial charge in [0.05, 0.1) is 13.3 Å². The second-order valence-electron chi connectivity index (χ2n) is 2.89. The molecule has 0 aliphatic rings. The zero-order chi connectivity index (χ0) is 11.1. The average molecular weight is 212 g/mol. The summed E-state index contributed by atoms with van der Waals surface area (Å²) in [5, 5.41) is 17.4. The summed E-state index contributed by atoms with van der Waals surface area (Å²) in [5.74, 6) is 1.61. The number of nitrogens with one attached hydrogen (secondary N) is 3. The van der Waals surface area contributed by atoms with E-state index in [2.05, 4.69) is 30.9 Å². The SMILES string of the molecule is CNCNc1nc(C)nc(NCCO)n1. The highest BCUT2D eigenvalue weighted by molar-refractivity contribution is 5.33. The average Bonchev–Trinajstić information content (AvgIpc) is 2.23. The van der Waals surface area contributed by atoms with Crippen LogP contribution < -0.4 is 16.0 Å². The van der Waals surface area contributed by atoms with Gasteiger partial charge in [-0.25, -0.2) is 0 Å². The summed E-state index contributed by atoms with van der Waals surface area (Å²) in [6.45, 7) is 2.85. The van der Waals surface area contributed by atoms with Crippen molar-refractivity contribution in [3.05, 3.63) is 5.82 Å². The maximum atomic E-state index is 8.65.